The molecule has 0 radical (unpaired) electrons. The molecule has 24 heavy (non-hydrogen) atoms. The molecule has 0 aliphatic carbocycles. The predicted molar refractivity (Wildman–Crippen MR) is 99.7 cm³/mol. The zero-order valence-electron chi connectivity index (χ0n) is 14.5. The molecule has 1 heterocycles. The van der Waals surface area contributed by atoms with Crippen molar-refractivity contribution in [1.29, 1.82) is 0 Å². The Hall–Kier alpha value is -2.28. The predicted octanol–water partition coefficient (Wildman–Crippen LogP) is 3.09. The number of aryl methyl sites for hydroxylation is 2. The second-order valence-electron chi connectivity index (χ2n) is 5.18. The Labute approximate surface area is 146 Å². The lowest BCUT2D eigenvalue weighted by atomic mass is 10.2. The van der Waals surface area contributed by atoms with Crippen molar-refractivity contribution in [3.63, 3.8) is 0 Å². The molecule has 1 aromatic carbocycles. The molecule has 0 saturated heterocycles. The molecule has 2 aromatic rings. The van der Waals surface area contributed by atoms with Crippen LogP contribution in [0.25, 0.3) is 0 Å². The van der Waals surface area contributed by atoms with Crippen molar-refractivity contribution in [2.24, 2.45) is 4.99 Å². The maximum absolute atomic E-state index is 5.31. The van der Waals surface area contributed by atoms with Crippen molar-refractivity contribution in [3.05, 3.63) is 34.3 Å². The fraction of sp³-hybridized carbons (Fsp3) is 0.412. The molecule has 2 rings (SSSR count). The van der Waals surface area contributed by atoms with Gasteiger partial charge in [-0.2, -0.15) is 0 Å². The highest BCUT2D eigenvalue weighted by Crippen LogP contribution is 2.29. The molecular formula is C17H24N4O2S. The number of methoxy groups -OCH3 is 2. The third-order valence-electron chi connectivity index (χ3n) is 3.40. The van der Waals surface area contributed by atoms with Crippen LogP contribution in [0.15, 0.2) is 28.6 Å². The van der Waals surface area contributed by atoms with Gasteiger partial charge >= 0.3 is 0 Å². The number of guanidine groups is 1. The first kappa shape index (κ1) is 18.1. The number of hydrogen-bond donors (Lipinski definition) is 2. The van der Waals surface area contributed by atoms with Gasteiger partial charge in [-0.25, -0.2) is 4.98 Å². The van der Waals surface area contributed by atoms with E-state index in [0.717, 1.165) is 36.7 Å². The number of hydrogen-bond acceptors (Lipinski definition) is 5. The van der Waals surface area contributed by atoms with Gasteiger partial charge < -0.3 is 20.1 Å². The summed E-state index contributed by atoms with van der Waals surface area (Å²) in [5.41, 5.74) is 1.98. The summed E-state index contributed by atoms with van der Waals surface area (Å²) >= 11 is 1.71. The van der Waals surface area contributed by atoms with Gasteiger partial charge in [0, 0.05) is 42.8 Å². The molecule has 7 heteroatoms. The average molecular weight is 348 g/mol. The molecule has 2 N–H and O–H groups in total. The van der Waals surface area contributed by atoms with Gasteiger partial charge in [0.2, 0.25) is 0 Å². The van der Waals surface area contributed by atoms with Gasteiger partial charge in [-0.3, -0.25) is 4.99 Å². The average Bonchev–Trinajstić information content (AvgIpc) is 3.02. The van der Waals surface area contributed by atoms with Crippen molar-refractivity contribution in [2.45, 2.75) is 19.8 Å². The van der Waals surface area contributed by atoms with Crippen LogP contribution in [0, 0.1) is 6.92 Å². The lowest BCUT2D eigenvalue weighted by Crippen LogP contribution is -2.31. The molecule has 1 aromatic heterocycles. The third kappa shape index (κ3) is 5.13. The number of thiazole rings is 1. The van der Waals surface area contributed by atoms with Crippen molar-refractivity contribution < 1.29 is 9.47 Å². The van der Waals surface area contributed by atoms with Crippen LogP contribution < -0.4 is 20.1 Å². The minimum atomic E-state index is 0.678. The van der Waals surface area contributed by atoms with Crippen LogP contribution in [0.1, 0.15) is 17.1 Å². The van der Waals surface area contributed by atoms with Gasteiger partial charge in [0.05, 0.1) is 19.2 Å². The van der Waals surface area contributed by atoms with Gasteiger partial charge in [0.25, 0.3) is 0 Å². The van der Waals surface area contributed by atoms with E-state index < -0.39 is 0 Å². The van der Waals surface area contributed by atoms with Crippen molar-refractivity contribution in [3.8, 4) is 11.5 Å². The number of rotatable bonds is 7. The minimum Gasteiger partial charge on any atom is -0.493 e. The van der Waals surface area contributed by atoms with Gasteiger partial charge in [-0.05, 0) is 25.5 Å². The smallest absolute Gasteiger partial charge is 0.195 e. The molecular weight excluding hydrogens is 324 g/mol. The first-order valence-electron chi connectivity index (χ1n) is 7.77. The largest absolute Gasteiger partial charge is 0.493 e. The maximum atomic E-state index is 5.31. The van der Waals surface area contributed by atoms with Crippen LogP contribution in [-0.2, 0) is 6.42 Å². The Morgan fingerprint density at radius 3 is 2.67 bits per heavy atom. The molecule has 0 aliphatic rings. The molecule has 0 amide bonds. The van der Waals surface area contributed by atoms with E-state index in [1.807, 2.05) is 25.1 Å². The Balaban J connectivity index is 1.83. The van der Waals surface area contributed by atoms with Crippen LogP contribution in [-0.4, -0.2) is 38.8 Å². The number of nitrogens with zero attached hydrogens (tertiary/aromatic N) is 2. The lowest BCUT2D eigenvalue weighted by Gasteiger charge is -2.14. The van der Waals surface area contributed by atoms with Gasteiger partial charge in [0.15, 0.2) is 17.5 Å². The second kappa shape index (κ2) is 9.12. The topological polar surface area (TPSA) is 67.8 Å². The number of anilines is 1. The van der Waals surface area contributed by atoms with Crippen LogP contribution in [0.2, 0.25) is 0 Å². The standard InChI is InChI=1S/C17H24N4O2S/c1-12-11-24-16(20-12)6-5-9-19-17(18-2)21-13-7-8-14(22-3)15(10-13)23-4/h7-8,10-11H,5-6,9H2,1-4H3,(H2,18,19,21). The number of benzene rings is 1. The monoisotopic (exact) mass is 348 g/mol. The molecule has 0 unspecified atom stereocenters. The number of aliphatic imine (C=N–C) groups is 1. The summed E-state index contributed by atoms with van der Waals surface area (Å²) < 4.78 is 10.6. The minimum absolute atomic E-state index is 0.678. The zero-order valence-corrected chi connectivity index (χ0v) is 15.4. The van der Waals surface area contributed by atoms with Crippen molar-refractivity contribution in [1.82, 2.24) is 10.3 Å². The van der Waals surface area contributed by atoms with E-state index >= 15 is 0 Å². The lowest BCUT2D eigenvalue weighted by molar-refractivity contribution is 0.355. The number of nitrogens with one attached hydrogen (secondary N) is 2. The Kier molecular flexibility index (Phi) is 6.87. The summed E-state index contributed by atoms with van der Waals surface area (Å²) in [5, 5.41) is 9.81. The summed E-state index contributed by atoms with van der Waals surface area (Å²) in [7, 11) is 4.99. The van der Waals surface area contributed by atoms with E-state index in [2.05, 4.69) is 26.0 Å². The number of aromatic nitrogens is 1. The Morgan fingerprint density at radius 2 is 2.04 bits per heavy atom. The fourth-order valence-corrected chi connectivity index (χ4v) is 3.01. The summed E-state index contributed by atoms with van der Waals surface area (Å²) in [6, 6.07) is 5.66. The molecule has 0 bridgehead atoms. The number of ether oxygens (including phenoxy) is 2. The highest BCUT2D eigenvalue weighted by atomic mass is 32.1. The first-order chi connectivity index (χ1) is 11.7. The summed E-state index contributed by atoms with van der Waals surface area (Å²) in [6.45, 7) is 2.85. The van der Waals surface area contributed by atoms with E-state index in [1.54, 1.807) is 32.6 Å². The fourth-order valence-electron chi connectivity index (χ4n) is 2.19. The second-order valence-corrected chi connectivity index (χ2v) is 6.12. The zero-order chi connectivity index (χ0) is 17.4. The SMILES string of the molecule is CN=C(NCCCc1nc(C)cs1)Nc1ccc(OC)c(OC)c1. The van der Waals surface area contributed by atoms with Crippen LogP contribution in [0.4, 0.5) is 5.69 Å². The third-order valence-corrected chi connectivity index (χ3v) is 4.42. The maximum Gasteiger partial charge on any atom is 0.195 e. The van der Waals surface area contributed by atoms with Gasteiger partial charge in [-0.1, -0.05) is 0 Å². The Morgan fingerprint density at radius 1 is 1.25 bits per heavy atom. The highest BCUT2D eigenvalue weighted by molar-refractivity contribution is 7.09. The molecule has 0 atom stereocenters. The van der Waals surface area contributed by atoms with Crippen molar-refractivity contribution >= 4 is 23.0 Å². The summed E-state index contributed by atoms with van der Waals surface area (Å²) in [6.07, 6.45) is 1.97. The van der Waals surface area contributed by atoms with Crippen LogP contribution in [0.3, 0.4) is 0 Å². The molecule has 0 fully saturated rings. The highest BCUT2D eigenvalue weighted by Gasteiger charge is 2.06. The van der Waals surface area contributed by atoms with E-state index in [9.17, 15) is 0 Å². The van der Waals surface area contributed by atoms with E-state index in [1.165, 1.54) is 5.01 Å². The Bertz CT molecular complexity index is 685. The summed E-state index contributed by atoms with van der Waals surface area (Å²) in [4.78, 5) is 8.71. The summed E-state index contributed by atoms with van der Waals surface area (Å²) in [5.74, 6) is 2.10. The quantitative estimate of drug-likeness (QED) is 0.457. The van der Waals surface area contributed by atoms with Gasteiger partial charge in [0.1, 0.15) is 0 Å². The van der Waals surface area contributed by atoms with Crippen LogP contribution in [0.5, 0.6) is 11.5 Å². The first-order valence-corrected chi connectivity index (χ1v) is 8.65. The molecule has 0 spiro atoms. The normalized spacial score (nSPS) is 11.2. The molecule has 0 aliphatic heterocycles. The van der Waals surface area contributed by atoms with E-state index in [0.29, 0.717) is 11.5 Å². The van der Waals surface area contributed by atoms with E-state index in [4.69, 9.17) is 9.47 Å². The molecule has 6 nitrogen and oxygen atoms in total. The van der Waals surface area contributed by atoms with Crippen molar-refractivity contribution in [2.75, 3.05) is 33.1 Å². The van der Waals surface area contributed by atoms with E-state index in [-0.39, 0.29) is 0 Å². The molecule has 0 saturated carbocycles. The molecule has 130 valence electrons. The van der Waals surface area contributed by atoms with Crippen LogP contribution >= 0.6 is 11.3 Å². The van der Waals surface area contributed by atoms with Gasteiger partial charge in [-0.15, -0.1) is 11.3 Å².